The summed E-state index contributed by atoms with van der Waals surface area (Å²) in [6.45, 7) is 0.576. The van der Waals surface area contributed by atoms with Crippen LogP contribution in [0.3, 0.4) is 0 Å². The molecule has 60 heavy (non-hydrogen) atoms. The second kappa shape index (κ2) is 15.1. The first-order valence-corrected chi connectivity index (χ1v) is 20.5. The summed E-state index contributed by atoms with van der Waals surface area (Å²) in [5, 5.41) is 14.3. The van der Waals surface area contributed by atoms with E-state index in [4.69, 9.17) is 14.6 Å². The van der Waals surface area contributed by atoms with Gasteiger partial charge in [0.25, 0.3) is 0 Å². The quantitative estimate of drug-likeness (QED) is 0.121. The lowest BCUT2D eigenvalue weighted by molar-refractivity contribution is 0.386. The summed E-state index contributed by atoms with van der Waals surface area (Å²) in [5.41, 5.74) is 20.6. The van der Waals surface area contributed by atoms with Gasteiger partial charge in [0.1, 0.15) is 22.3 Å². The van der Waals surface area contributed by atoms with Gasteiger partial charge >= 0.3 is 0 Å². The van der Waals surface area contributed by atoms with E-state index in [2.05, 4.69) is 193 Å². The number of hydrogen-bond donors (Lipinski definition) is 3. The molecule has 4 N–H and O–H groups in total. The van der Waals surface area contributed by atoms with E-state index >= 15 is 0 Å². The highest BCUT2D eigenvalue weighted by Crippen LogP contribution is 2.41. The Balaban J connectivity index is 0.970. The zero-order valence-corrected chi connectivity index (χ0v) is 32.8. The lowest BCUT2D eigenvalue weighted by Gasteiger charge is -2.26. The van der Waals surface area contributed by atoms with Gasteiger partial charge in [-0.15, -0.1) is 0 Å². The van der Waals surface area contributed by atoms with Gasteiger partial charge in [-0.05, 0) is 91.9 Å². The highest BCUT2D eigenvalue weighted by Gasteiger charge is 2.21. The highest BCUT2D eigenvalue weighted by atomic mass is 16.3. The molecule has 11 rings (SSSR count). The molecule has 2 unspecified atom stereocenters. The maximum absolute atomic E-state index is 7.05. The number of nitrogens with one attached hydrogen (secondary N) is 2. The Labute approximate surface area is 347 Å². The lowest BCUT2D eigenvalue weighted by atomic mass is 9.95. The van der Waals surface area contributed by atoms with E-state index in [1.807, 2.05) is 18.2 Å². The zero-order valence-electron chi connectivity index (χ0n) is 32.8. The molecule has 5 heteroatoms. The van der Waals surface area contributed by atoms with Gasteiger partial charge in [-0.3, -0.25) is 10.6 Å². The van der Waals surface area contributed by atoms with Crippen LogP contribution in [-0.2, 0) is 6.54 Å². The summed E-state index contributed by atoms with van der Waals surface area (Å²) in [6, 6.07) is 70.0. The van der Waals surface area contributed by atoms with E-state index in [1.54, 1.807) is 0 Å². The second-order valence-electron chi connectivity index (χ2n) is 15.5. The molecule has 0 aliphatic heterocycles. The Hall–Kier alpha value is -7.28. The molecule has 2 aromatic heterocycles. The highest BCUT2D eigenvalue weighted by molar-refractivity contribution is 6.19. The molecule has 5 nitrogen and oxygen atoms in total. The summed E-state index contributed by atoms with van der Waals surface area (Å²) >= 11 is 0. The van der Waals surface area contributed by atoms with Crippen LogP contribution in [0.15, 0.2) is 209 Å². The third-order valence-corrected chi connectivity index (χ3v) is 11.8. The number of fused-ring (bicyclic) bond motifs is 8. The SMILES string of the molecule is NC(NC(NCc1ccc2oc3c4ccccc4c(-c4ccccc4)cc3c2c1)c1ccc2c(c1)oc1cccc(-c3ccccc3)c12)c1cccc(-c2ccccc2)c1. The third-order valence-electron chi connectivity index (χ3n) is 11.8. The zero-order chi connectivity index (χ0) is 40.0. The van der Waals surface area contributed by atoms with Gasteiger partial charge in [0.15, 0.2) is 0 Å². The summed E-state index contributed by atoms with van der Waals surface area (Å²) < 4.78 is 13.2. The number of furan rings is 2. The minimum atomic E-state index is -0.466. The predicted molar refractivity (Wildman–Crippen MR) is 247 cm³/mol. The van der Waals surface area contributed by atoms with Crippen molar-refractivity contribution in [3.63, 3.8) is 0 Å². The lowest BCUT2D eigenvalue weighted by Crippen LogP contribution is -2.39. The van der Waals surface area contributed by atoms with Crippen LogP contribution in [0.4, 0.5) is 0 Å². The van der Waals surface area contributed by atoms with Crippen molar-refractivity contribution in [1.29, 1.82) is 0 Å². The topological polar surface area (TPSA) is 76.4 Å². The molecule has 0 radical (unpaired) electrons. The van der Waals surface area contributed by atoms with E-state index in [9.17, 15) is 0 Å². The van der Waals surface area contributed by atoms with Gasteiger partial charge < -0.3 is 14.6 Å². The van der Waals surface area contributed by atoms with Gasteiger partial charge in [-0.25, -0.2) is 0 Å². The van der Waals surface area contributed by atoms with Crippen molar-refractivity contribution in [1.82, 2.24) is 10.6 Å². The van der Waals surface area contributed by atoms with Crippen LogP contribution in [0.25, 0.3) is 88.0 Å². The Morgan fingerprint density at radius 1 is 0.417 bits per heavy atom. The largest absolute Gasteiger partial charge is 0.456 e. The smallest absolute Gasteiger partial charge is 0.143 e. The molecule has 0 aliphatic rings. The molecular formula is C55H41N3O2. The number of rotatable bonds is 10. The van der Waals surface area contributed by atoms with Gasteiger partial charge in [0, 0.05) is 33.5 Å². The molecule has 0 bridgehead atoms. The van der Waals surface area contributed by atoms with E-state index in [0.717, 1.165) is 88.2 Å². The first-order valence-electron chi connectivity index (χ1n) is 20.5. The fourth-order valence-corrected chi connectivity index (χ4v) is 8.80. The number of benzene rings is 9. The van der Waals surface area contributed by atoms with Crippen molar-refractivity contribution >= 4 is 54.6 Å². The molecule has 0 fully saturated rings. The summed E-state index contributed by atoms with van der Waals surface area (Å²) in [7, 11) is 0. The van der Waals surface area contributed by atoms with Crippen LogP contribution in [0.1, 0.15) is 29.0 Å². The number of nitrogens with two attached hydrogens (primary N) is 1. The maximum atomic E-state index is 7.05. The van der Waals surface area contributed by atoms with Crippen LogP contribution in [0.2, 0.25) is 0 Å². The molecule has 11 aromatic rings. The van der Waals surface area contributed by atoms with E-state index < -0.39 is 6.17 Å². The van der Waals surface area contributed by atoms with E-state index in [1.165, 1.54) is 16.5 Å². The first-order chi connectivity index (χ1) is 29.6. The van der Waals surface area contributed by atoms with E-state index in [-0.39, 0.29) is 6.17 Å². The maximum Gasteiger partial charge on any atom is 0.143 e. The summed E-state index contributed by atoms with van der Waals surface area (Å²) in [5.74, 6) is 0. The predicted octanol–water partition coefficient (Wildman–Crippen LogP) is 13.7. The van der Waals surface area contributed by atoms with Crippen molar-refractivity contribution in [3.8, 4) is 33.4 Å². The summed E-state index contributed by atoms with van der Waals surface area (Å²) in [4.78, 5) is 0. The minimum Gasteiger partial charge on any atom is -0.456 e. The van der Waals surface area contributed by atoms with Crippen molar-refractivity contribution in [2.45, 2.75) is 18.9 Å². The van der Waals surface area contributed by atoms with Crippen LogP contribution in [0.5, 0.6) is 0 Å². The van der Waals surface area contributed by atoms with Crippen molar-refractivity contribution in [2.75, 3.05) is 0 Å². The molecule has 0 saturated carbocycles. The molecule has 288 valence electrons. The molecule has 0 saturated heterocycles. The standard InChI is InChI=1S/C55H41N3O2/c56-54(40-21-12-20-39(31-40)36-14-4-1-5-15-36)58-55(41-27-28-45-51(32-41)59-50-25-13-24-42(52(45)50)37-16-6-2-7-17-37)57-34-35-26-29-49-47(30-35)48-33-46(38-18-8-3-9-19-38)43-22-10-11-23-44(43)53(48)60-49/h1-33,54-55,57-58H,34,56H2. The van der Waals surface area contributed by atoms with Crippen LogP contribution in [-0.4, -0.2) is 0 Å². The fraction of sp³-hybridized carbons (Fsp3) is 0.0545. The van der Waals surface area contributed by atoms with Gasteiger partial charge in [-0.1, -0.05) is 164 Å². The van der Waals surface area contributed by atoms with Crippen LogP contribution in [0, 0.1) is 0 Å². The minimum absolute atomic E-state index is 0.322. The fourth-order valence-electron chi connectivity index (χ4n) is 8.80. The Kier molecular flexibility index (Phi) is 9.05. The average molecular weight is 776 g/mol. The Morgan fingerprint density at radius 3 is 1.88 bits per heavy atom. The average Bonchev–Trinajstić information content (AvgIpc) is 3.89. The molecule has 0 aliphatic carbocycles. The van der Waals surface area contributed by atoms with Gasteiger partial charge in [-0.2, -0.15) is 0 Å². The summed E-state index contributed by atoms with van der Waals surface area (Å²) in [6.07, 6.45) is -0.788. The Bertz CT molecular complexity index is 3320. The van der Waals surface area contributed by atoms with Crippen LogP contribution >= 0.6 is 0 Å². The molecular weight excluding hydrogens is 735 g/mol. The third kappa shape index (κ3) is 6.52. The van der Waals surface area contributed by atoms with Crippen molar-refractivity contribution in [3.05, 3.63) is 217 Å². The van der Waals surface area contributed by atoms with E-state index in [0.29, 0.717) is 6.54 Å². The van der Waals surface area contributed by atoms with Crippen molar-refractivity contribution in [2.24, 2.45) is 5.73 Å². The molecule has 0 spiro atoms. The first kappa shape index (κ1) is 35.8. The molecule has 0 amide bonds. The molecule has 9 aromatic carbocycles. The van der Waals surface area contributed by atoms with Gasteiger partial charge in [0.05, 0.1) is 12.3 Å². The van der Waals surface area contributed by atoms with Crippen molar-refractivity contribution < 1.29 is 8.83 Å². The monoisotopic (exact) mass is 775 g/mol. The normalized spacial score (nSPS) is 12.8. The second-order valence-corrected chi connectivity index (χ2v) is 15.5. The Morgan fingerprint density at radius 2 is 1.10 bits per heavy atom. The number of hydrogen-bond acceptors (Lipinski definition) is 5. The van der Waals surface area contributed by atoms with Gasteiger partial charge in [0.2, 0.25) is 0 Å². The van der Waals surface area contributed by atoms with Crippen LogP contribution < -0.4 is 16.4 Å². The molecule has 2 atom stereocenters. The molecule has 2 heterocycles.